The third-order valence-electron chi connectivity index (χ3n) is 5.88. The first kappa shape index (κ1) is 19.9. The molecule has 1 N–H and O–H groups in total. The number of nitrogens with one attached hydrogen (secondary N) is 1. The fourth-order valence-corrected chi connectivity index (χ4v) is 4.25. The molecule has 0 atom stereocenters. The molecule has 1 aliphatic heterocycles. The highest BCUT2D eigenvalue weighted by atomic mass is 16.2. The van der Waals surface area contributed by atoms with E-state index in [1.54, 1.807) is 6.07 Å². The molecule has 5 heteroatoms. The van der Waals surface area contributed by atoms with E-state index in [9.17, 15) is 10.1 Å². The first-order valence-electron chi connectivity index (χ1n) is 10.4. The van der Waals surface area contributed by atoms with Crippen molar-refractivity contribution in [3.8, 4) is 11.8 Å². The number of aromatic nitrogens is 1. The maximum absolute atomic E-state index is 13.4. The average Bonchev–Trinajstić information content (AvgIpc) is 3.18. The highest BCUT2D eigenvalue weighted by molar-refractivity contribution is 5.96. The quantitative estimate of drug-likeness (QED) is 0.733. The molecule has 0 unspecified atom stereocenters. The lowest BCUT2D eigenvalue weighted by Gasteiger charge is -2.32. The van der Waals surface area contributed by atoms with Gasteiger partial charge in [0.25, 0.3) is 5.91 Å². The van der Waals surface area contributed by atoms with E-state index in [0.29, 0.717) is 24.3 Å². The Kier molecular flexibility index (Phi) is 5.69. The van der Waals surface area contributed by atoms with Gasteiger partial charge in [0.2, 0.25) is 0 Å². The van der Waals surface area contributed by atoms with Gasteiger partial charge in [0.05, 0.1) is 31.7 Å². The number of benzene rings is 2. The zero-order chi connectivity index (χ0) is 21.1. The number of carbonyl (C=O) groups is 1. The molecule has 3 aromatic rings. The maximum Gasteiger partial charge on any atom is 0.272 e. The Morgan fingerprint density at radius 3 is 2.47 bits per heavy atom. The van der Waals surface area contributed by atoms with Crippen molar-refractivity contribution in [3.05, 3.63) is 88.7 Å². The van der Waals surface area contributed by atoms with Crippen LogP contribution >= 0.6 is 0 Å². The Morgan fingerprint density at radius 2 is 1.80 bits per heavy atom. The van der Waals surface area contributed by atoms with Crippen molar-refractivity contribution in [1.29, 1.82) is 5.26 Å². The fourth-order valence-electron chi connectivity index (χ4n) is 4.25. The first-order chi connectivity index (χ1) is 14.6. The van der Waals surface area contributed by atoms with Gasteiger partial charge in [-0.05, 0) is 31.5 Å². The molecular formula is C25H27N4O+. The van der Waals surface area contributed by atoms with Crippen LogP contribution in [0.4, 0.5) is 0 Å². The third-order valence-corrected chi connectivity index (χ3v) is 5.88. The third kappa shape index (κ3) is 4.00. The molecule has 0 saturated carbocycles. The summed E-state index contributed by atoms with van der Waals surface area (Å²) < 4.78 is 1.87. The molecule has 0 spiro atoms. The molecule has 30 heavy (non-hydrogen) atoms. The zero-order valence-electron chi connectivity index (χ0n) is 17.6. The summed E-state index contributed by atoms with van der Waals surface area (Å²) in [5.74, 6) is -0.0599. The van der Waals surface area contributed by atoms with Gasteiger partial charge in [-0.25, -0.2) is 0 Å². The van der Waals surface area contributed by atoms with E-state index in [1.165, 1.54) is 16.0 Å². The molecule has 0 radical (unpaired) electrons. The van der Waals surface area contributed by atoms with Crippen molar-refractivity contribution in [2.75, 3.05) is 26.2 Å². The van der Waals surface area contributed by atoms with Crippen LogP contribution in [0, 0.1) is 25.2 Å². The lowest BCUT2D eigenvalue weighted by atomic mass is 10.1. The van der Waals surface area contributed by atoms with Crippen LogP contribution in [0.1, 0.15) is 32.7 Å². The summed E-state index contributed by atoms with van der Waals surface area (Å²) in [6, 6.07) is 20.6. The van der Waals surface area contributed by atoms with Crippen LogP contribution in [0.2, 0.25) is 0 Å². The van der Waals surface area contributed by atoms with Gasteiger partial charge in [0.15, 0.2) is 0 Å². The molecule has 2 aromatic carbocycles. The summed E-state index contributed by atoms with van der Waals surface area (Å²) in [7, 11) is 0. The number of nitriles is 1. The van der Waals surface area contributed by atoms with E-state index < -0.39 is 0 Å². The maximum atomic E-state index is 13.4. The van der Waals surface area contributed by atoms with E-state index in [0.717, 1.165) is 30.9 Å². The second-order valence-corrected chi connectivity index (χ2v) is 8.05. The van der Waals surface area contributed by atoms with Crippen LogP contribution in [-0.2, 0) is 6.54 Å². The molecule has 2 heterocycles. The van der Waals surface area contributed by atoms with Gasteiger partial charge in [-0.15, -0.1) is 0 Å². The lowest BCUT2D eigenvalue weighted by molar-refractivity contribution is -0.917. The average molecular weight is 400 g/mol. The molecule has 1 aromatic heterocycles. The number of hydrogen-bond donors (Lipinski definition) is 1. The predicted molar refractivity (Wildman–Crippen MR) is 117 cm³/mol. The van der Waals surface area contributed by atoms with Crippen molar-refractivity contribution >= 4 is 5.91 Å². The number of carbonyl (C=O) groups excluding carboxylic acids is 1. The van der Waals surface area contributed by atoms with E-state index >= 15 is 0 Å². The monoisotopic (exact) mass is 399 g/mol. The predicted octanol–water partition coefficient (Wildman–Crippen LogP) is 2.51. The number of piperazine rings is 1. The standard InChI is InChI=1S/C25H26N4O/c1-19-8-9-23(20(2)16-19)29-11-10-22(17-26)24(29)25(30)28-14-12-27(13-15-28)18-21-6-4-3-5-7-21/h3-11,16H,12-15,18H2,1-2H3/p+1. The van der Waals surface area contributed by atoms with E-state index in [2.05, 4.69) is 43.3 Å². The van der Waals surface area contributed by atoms with Gasteiger partial charge in [-0.1, -0.05) is 48.0 Å². The van der Waals surface area contributed by atoms with E-state index in [1.807, 2.05) is 40.8 Å². The minimum atomic E-state index is -0.0599. The van der Waals surface area contributed by atoms with Crippen molar-refractivity contribution in [2.24, 2.45) is 0 Å². The van der Waals surface area contributed by atoms with Gasteiger partial charge < -0.3 is 14.4 Å². The summed E-state index contributed by atoms with van der Waals surface area (Å²) >= 11 is 0. The van der Waals surface area contributed by atoms with Crippen molar-refractivity contribution in [3.63, 3.8) is 0 Å². The molecule has 1 amide bonds. The van der Waals surface area contributed by atoms with Crippen LogP contribution in [0.25, 0.3) is 5.69 Å². The van der Waals surface area contributed by atoms with Crippen LogP contribution in [0.5, 0.6) is 0 Å². The molecule has 1 aliphatic rings. The number of nitrogens with zero attached hydrogens (tertiary/aromatic N) is 3. The molecule has 5 nitrogen and oxygen atoms in total. The highest BCUT2D eigenvalue weighted by Gasteiger charge is 2.28. The molecule has 0 aliphatic carbocycles. The summed E-state index contributed by atoms with van der Waals surface area (Å²) in [6.45, 7) is 8.28. The zero-order valence-corrected chi connectivity index (χ0v) is 17.6. The van der Waals surface area contributed by atoms with Gasteiger partial charge in [-0.2, -0.15) is 5.26 Å². The Labute approximate surface area is 177 Å². The van der Waals surface area contributed by atoms with Crippen LogP contribution < -0.4 is 4.90 Å². The van der Waals surface area contributed by atoms with Crippen LogP contribution in [0.3, 0.4) is 0 Å². The van der Waals surface area contributed by atoms with Crippen molar-refractivity contribution in [2.45, 2.75) is 20.4 Å². The minimum Gasteiger partial charge on any atom is -0.328 e. The second-order valence-electron chi connectivity index (χ2n) is 8.05. The Hall–Kier alpha value is -3.36. The number of aryl methyl sites for hydroxylation is 2. The van der Waals surface area contributed by atoms with Crippen LogP contribution in [-0.4, -0.2) is 41.6 Å². The second kappa shape index (κ2) is 8.56. The van der Waals surface area contributed by atoms with Crippen LogP contribution in [0.15, 0.2) is 60.8 Å². The molecule has 152 valence electrons. The first-order valence-corrected chi connectivity index (χ1v) is 10.4. The topological polar surface area (TPSA) is 53.5 Å². The SMILES string of the molecule is Cc1ccc(-n2ccc(C#N)c2C(=O)N2CC[NH+](Cc3ccccc3)CC2)c(C)c1. The molecule has 1 saturated heterocycles. The van der Waals surface area contributed by atoms with E-state index in [-0.39, 0.29) is 5.91 Å². The Bertz CT molecular complexity index is 1090. The normalized spacial score (nSPS) is 14.5. The largest absolute Gasteiger partial charge is 0.328 e. The molecule has 4 rings (SSSR count). The summed E-state index contributed by atoms with van der Waals surface area (Å²) in [4.78, 5) is 16.8. The fraction of sp³-hybridized carbons (Fsp3) is 0.280. The summed E-state index contributed by atoms with van der Waals surface area (Å²) in [6.07, 6.45) is 1.83. The number of hydrogen-bond acceptors (Lipinski definition) is 2. The number of rotatable bonds is 4. The minimum absolute atomic E-state index is 0.0599. The summed E-state index contributed by atoms with van der Waals surface area (Å²) in [5, 5.41) is 9.61. The van der Waals surface area contributed by atoms with Crippen molar-refractivity contribution in [1.82, 2.24) is 9.47 Å². The Balaban J connectivity index is 1.53. The van der Waals surface area contributed by atoms with Gasteiger partial charge in [0.1, 0.15) is 18.3 Å². The molecular weight excluding hydrogens is 372 g/mol. The molecule has 1 fully saturated rings. The van der Waals surface area contributed by atoms with Gasteiger partial charge in [-0.3, -0.25) is 4.79 Å². The molecule has 0 bridgehead atoms. The van der Waals surface area contributed by atoms with Gasteiger partial charge in [0, 0.05) is 17.4 Å². The number of amides is 1. The highest BCUT2D eigenvalue weighted by Crippen LogP contribution is 2.22. The number of quaternary nitrogens is 1. The van der Waals surface area contributed by atoms with Gasteiger partial charge >= 0.3 is 0 Å². The van der Waals surface area contributed by atoms with E-state index in [4.69, 9.17) is 0 Å². The smallest absolute Gasteiger partial charge is 0.272 e. The Morgan fingerprint density at radius 1 is 1.07 bits per heavy atom. The summed E-state index contributed by atoms with van der Waals surface area (Å²) in [5.41, 5.74) is 5.42. The van der Waals surface area contributed by atoms with Crippen molar-refractivity contribution < 1.29 is 9.69 Å². The lowest BCUT2D eigenvalue weighted by Crippen LogP contribution is -3.13.